The molecule has 6 nitrogen and oxygen atoms in total. The largest absolute Gasteiger partial charge is 0.492 e. The Bertz CT molecular complexity index is 959. The van der Waals surface area contributed by atoms with Gasteiger partial charge in [-0.2, -0.15) is 0 Å². The van der Waals surface area contributed by atoms with E-state index in [-0.39, 0.29) is 18.7 Å². The van der Waals surface area contributed by atoms with Crippen LogP contribution in [0.5, 0.6) is 17.2 Å². The molecule has 2 aliphatic rings. The molecule has 4 rings (SSSR count). The van der Waals surface area contributed by atoms with E-state index in [1.54, 1.807) is 0 Å². The second-order valence-electron chi connectivity index (χ2n) is 8.83. The molecule has 1 aliphatic carbocycles. The lowest BCUT2D eigenvalue weighted by Gasteiger charge is -2.23. The highest BCUT2D eigenvalue weighted by Gasteiger charge is 2.24. The second kappa shape index (κ2) is 11.3. The maximum atomic E-state index is 13.0. The van der Waals surface area contributed by atoms with Crippen molar-refractivity contribution >= 4 is 11.7 Å². The minimum Gasteiger partial charge on any atom is -0.492 e. The van der Waals surface area contributed by atoms with Gasteiger partial charge in [-0.1, -0.05) is 44.4 Å². The summed E-state index contributed by atoms with van der Waals surface area (Å²) in [6.07, 6.45) is 8.78. The summed E-state index contributed by atoms with van der Waals surface area (Å²) in [7, 11) is 0. The number of amides is 2. The van der Waals surface area contributed by atoms with E-state index in [0.717, 1.165) is 67.0 Å². The number of unbranched alkanes of at least 4 members (excludes halogenated alkanes) is 2. The zero-order valence-corrected chi connectivity index (χ0v) is 19.9. The summed E-state index contributed by atoms with van der Waals surface area (Å²) in [6.45, 7) is 5.52. The normalized spacial score (nSPS) is 15.0. The topological polar surface area (TPSA) is 68.8 Å². The lowest BCUT2D eigenvalue weighted by Crippen LogP contribution is -2.33. The fraction of sp³-hybridized carbons (Fsp3) is 0.519. The predicted octanol–water partition coefficient (Wildman–Crippen LogP) is 6.18. The molecule has 0 saturated carbocycles. The number of urea groups is 1. The third-order valence-electron chi connectivity index (χ3n) is 6.56. The summed E-state index contributed by atoms with van der Waals surface area (Å²) in [6, 6.07) is 9.96. The quantitative estimate of drug-likeness (QED) is 0.423. The number of nitrogens with one attached hydrogen (secondary N) is 2. The number of hydrogen-bond acceptors (Lipinski definition) is 4. The number of fused-ring (bicyclic) bond motifs is 2. The Kier molecular flexibility index (Phi) is 7.97. The fourth-order valence-corrected chi connectivity index (χ4v) is 4.88. The molecular formula is C27H36N2O4. The molecule has 0 aromatic heterocycles. The molecule has 1 atom stereocenters. The van der Waals surface area contributed by atoms with E-state index in [2.05, 4.69) is 29.7 Å². The number of benzene rings is 2. The summed E-state index contributed by atoms with van der Waals surface area (Å²) >= 11 is 0. The van der Waals surface area contributed by atoms with Gasteiger partial charge in [0, 0.05) is 18.0 Å². The number of anilines is 1. The van der Waals surface area contributed by atoms with Crippen LogP contribution < -0.4 is 24.8 Å². The third-order valence-corrected chi connectivity index (χ3v) is 6.56. The molecule has 0 bridgehead atoms. The summed E-state index contributed by atoms with van der Waals surface area (Å²) in [5.74, 6) is 2.51. The molecule has 2 aromatic carbocycles. The zero-order chi connectivity index (χ0) is 23.0. The molecule has 33 heavy (non-hydrogen) atoms. The Hall–Kier alpha value is -2.89. The van der Waals surface area contributed by atoms with Crippen molar-refractivity contribution in [3.05, 3.63) is 47.0 Å². The number of para-hydroxylation sites is 1. The van der Waals surface area contributed by atoms with Gasteiger partial charge in [-0.25, -0.2) is 4.79 Å². The lowest BCUT2D eigenvalue weighted by atomic mass is 9.90. The predicted molar refractivity (Wildman–Crippen MR) is 131 cm³/mol. The van der Waals surface area contributed by atoms with Crippen molar-refractivity contribution in [3.63, 3.8) is 0 Å². The highest BCUT2D eigenvalue weighted by molar-refractivity contribution is 5.92. The molecule has 0 fully saturated rings. The molecule has 2 aromatic rings. The maximum Gasteiger partial charge on any atom is 0.319 e. The van der Waals surface area contributed by atoms with Crippen molar-refractivity contribution in [2.45, 2.75) is 71.1 Å². The SMILES string of the molecule is CCCCC[C@@H](CNC(=O)Nc1c(OCC)ccc2c1CCCC2)c1cccc2c1OCO2. The number of aryl methyl sites for hydroxylation is 1. The van der Waals surface area contributed by atoms with Crippen molar-refractivity contribution in [3.8, 4) is 17.2 Å². The van der Waals surface area contributed by atoms with Crippen molar-refractivity contribution in [1.29, 1.82) is 0 Å². The summed E-state index contributed by atoms with van der Waals surface area (Å²) in [4.78, 5) is 13.0. The first-order valence-corrected chi connectivity index (χ1v) is 12.4. The van der Waals surface area contributed by atoms with Crippen molar-refractivity contribution in [2.75, 3.05) is 25.3 Å². The molecule has 2 amide bonds. The van der Waals surface area contributed by atoms with Crippen molar-refractivity contribution in [1.82, 2.24) is 5.32 Å². The lowest BCUT2D eigenvalue weighted by molar-refractivity contribution is 0.173. The second-order valence-corrected chi connectivity index (χ2v) is 8.83. The summed E-state index contributed by atoms with van der Waals surface area (Å²) < 4.78 is 17.2. The first kappa shape index (κ1) is 23.3. The van der Waals surface area contributed by atoms with Gasteiger partial charge in [0.1, 0.15) is 5.75 Å². The molecule has 6 heteroatoms. The molecule has 2 N–H and O–H groups in total. The van der Waals surface area contributed by atoms with Gasteiger partial charge in [0.05, 0.1) is 12.3 Å². The molecule has 178 valence electrons. The van der Waals surface area contributed by atoms with Crippen molar-refractivity contribution < 1.29 is 19.0 Å². The monoisotopic (exact) mass is 452 g/mol. The average Bonchev–Trinajstić information content (AvgIpc) is 3.32. The number of rotatable bonds is 10. The summed E-state index contributed by atoms with van der Waals surface area (Å²) in [5, 5.41) is 6.24. The van der Waals surface area contributed by atoms with Gasteiger partial charge in [-0.15, -0.1) is 0 Å². The van der Waals surface area contributed by atoms with Gasteiger partial charge >= 0.3 is 6.03 Å². The molecular weight excluding hydrogens is 416 g/mol. The van der Waals surface area contributed by atoms with Crippen LogP contribution in [0.4, 0.5) is 10.5 Å². The Morgan fingerprint density at radius 3 is 2.82 bits per heavy atom. The highest BCUT2D eigenvalue weighted by Crippen LogP contribution is 2.40. The van der Waals surface area contributed by atoms with E-state index in [0.29, 0.717) is 13.2 Å². The Morgan fingerprint density at radius 2 is 1.97 bits per heavy atom. The van der Waals surface area contributed by atoms with Crippen LogP contribution in [0.2, 0.25) is 0 Å². The Morgan fingerprint density at radius 1 is 1.09 bits per heavy atom. The first-order valence-electron chi connectivity index (χ1n) is 12.4. The van der Waals surface area contributed by atoms with Gasteiger partial charge in [-0.05, 0) is 62.3 Å². The van der Waals surface area contributed by atoms with Crippen LogP contribution in [0.25, 0.3) is 0 Å². The zero-order valence-electron chi connectivity index (χ0n) is 19.9. The molecule has 0 saturated heterocycles. The molecule has 0 radical (unpaired) electrons. The van der Waals surface area contributed by atoms with Gasteiger partial charge in [0.25, 0.3) is 0 Å². The Balaban J connectivity index is 1.48. The fourth-order valence-electron chi connectivity index (χ4n) is 4.88. The molecule has 0 spiro atoms. The van der Waals surface area contributed by atoms with E-state index in [1.165, 1.54) is 24.0 Å². The average molecular weight is 453 g/mol. The van der Waals surface area contributed by atoms with Crippen LogP contribution in [-0.2, 0) is 12.8 Å². The molecule has 0 unspecified atom stereocenters. The van der Waals surface area contributed by atoms with E-state index in [1.807, 2.05) is 25.1 Å². The van der Waals surface area contributed by atoms with Crippen LogP contribution in [-0.4, -0.2) is 26.0 Å². The van der Waals surface area contributed by atoms with Crippen LogP contribution in [0.15, 0.2) is 30.3 Å². The minimum absolute atomic E-state index is 0.162. The number of hydrogen-bond donors (Lipinski definition) is 2. The molecule has 1 aliphatic heterocycles. The van der Waals surface area contributed by atoms with Gasteiger partial charge in [0.2, 0.25) is 6.79 Å². The standard InChI is InChI=1S/C27H36N2O4/c1-3-5-6-11-20(22-13-9-14-24-26(22)33-18-32-24)17-28-27(30)29-25-21-12-8-7-10-19(21)15-16-23(25)31-4-2/h9,13-16,20H,3-8,10-12,17-18H2,1-2H3,(H2,28,29,30)/t20-/m0/s1. The van der Waals surface area contributed by atoms with E-state index in [9.17, 15) is 4.79 Å². The van der Waals surface area contributed by atoms with E-state index < -0.39 is 0 Å². The van der Waals surface area contributed by atoms with Crippen LogP contribution >= 0.6 is 0 Å². The van der Waals surface area contributed by atoms with Crippen LogP contribution in [0.1, 0.15) is 75.0 Å². The number of carbonyl (C=O) groups is 1. The van der Waals surface area contributed by atoms with Gasteiger partial charge < -0.3 is 24.8 Å². The third kappa shape index (κ3) is 5.55. The maximum absolute atomic E-state index is 13.0. The first-order chi connectivity index (χ1) is 16.2. The van der Waals surface area contributed by atoms with Crippen LogP contribution in [0.3, 0.4) is 0 Å². The minimum atomic E-state index is -0.194. The van der Waals surface area contributed by atoms with Crippen LogP contribution in [0, 0.1) is 0 Å². The van der Waals surface area contributed by atoms with E-state index in [4.69, 9.17) is 14.2 Å². The van der Waals surface area contributed by atoms with Gasteiger partial charge in [0.15, 0.2) is 11.5 Å². The molecule has 1 heterocycles. The smallest absolute Gasteiger partial charge is 0.319 e. The Labute approximate surface area is 197 Å². The number of carbonyl (C=O) groups excluding carboxylic acids is 1. The van der Waals surface area contributed by atoms with Gasteiger partial charge in [-0.3, -0.25) is 0 Å². The van der Waals surface area contributed by atoms with E-state index >= 15 is 0 Å². The highest BCUT2D eigenvalue weighted by atomic mass is 16.7. The number of ether oxygens (including phenoxy) is 3. The summed E-state index contributed by atoms with van der Waals surface area (Å²) in [5.41, 5.74) is 4.46. The van der Waals surface area contributed by atoms with Crippen molar-refractivity contribution in [2.24, 2.45) is 0 Å².